The van der Waals surface area contributed by atoms with E-state index in [2.05, 4.69) is 38.7 Å². The van der Waals surface area contributed by atoms with Crippen molar-refractivity contribution in [3.63, 3.8) is 0 Å². The first kappa shape index (κ1) is 34.3. The molecular weight excluding hydrogens is 607 g/mol. The Morgan fingerprint density at radius 2 is 1.88 bits per heavy atom. The number of phosphoric ester groups is 1. The van der Waals surface area contributed by atoms with E-state index in [0.717, 1.165) is 6.33 Å². The van der Waals surface area contributed by atoms with Gasteiger partial charge in [-0.3, -0.25) is 23.1 Å². The van der Waals surface area contributed by atoms with Crippen LogP contribution in [0.15, 0.2) is 12.7 Å². The maximum absolute atomic E-state index is 12.1. The molecule has 24 heteroatoms. The number of aliphatic hydroxyl groups excluding tert-OH is 1. The summed E-state index contributed by atoms with van der Waals surface area (Å²) in [6.07, 6.45) is -3.56. The van der Waals surface area contributed by atoms with E-state index >= 15 is 0 Å². The Morgan fingerprint density at radius 3 is 2.52 bits per heavy atom. The third-order valence-corrected chi connectivity index (χ3v) is 8.57. The van der Waals surface area contributed by atoms with Gasteiger partial charge in [0.2, 0.25) is 5.91 Å². The number of hydrogen-bond donors (Lipinski definition) is 5. The fraction of sp³-hybridized carbons (Fsp3) is 0.625. The van der Waals surface area contributed by atoms with Gasteiger partial charge >= 0.3 is 0 Å². The van der Waals surface area contributed by atoms with Crippen molar-refractivity contribution in [2.24, 2.45) is 0 Å². The van der Waals surface area contributed by atoms with Crippen molar-refractivity contribution in [1.29, 1.82) is 0 Å². The minimum atomic E-state index is -6.13. The summed E-state index contributed by atoms with van der Waals surface area (Å²) >= 11 is 0. The summed E-state index contributed by atoms with van der Waals surface area (Å²) in [7, 11) is -16.2. The molecule has 1 amide bonds. The van der Waals surface area contributed by atoms with E-state index in [0.29, 0.717) is 6.54 Å². The molecule has 2 aromatic heterocycles. The highest BCUT2D eigenvalue weighted by molar-refractivity contribution is 7.65. The van der Waals surface area contributed by atoms with Crippen molar-refractivity contribution in [3.05, 3.63) is 12.7 Å². The number of phosphoric acid groups is 3. The van der Waals surface area contributed by atoms with Gasteiger partial charge in [-0.1, -0.05) is 7.43 Å². The molecule has 6 N–H and O–H groups in total. The number of nitrogens with two attached hydrogens (primary N) is 1. The minimum absolute atomic E-state index is 0. The molecule has 0 radical (unpaired) electrons. The van der Waals surface area contributed by atoms with Gasteiger partial charge in [-0.15, -0.1) is 0 Å². The zero-order chi connectivity index (χ0) is 29.0. The molecule has 7 atom stereocenters. The number of anilines is 1. The number of ether oxygens (including phenoxy) is 2. The molecule has 0 saturated carbocycles. The lowest BCUT2D eigenvalue weighted by Gasteiger charge is -2.33. The molecule has 2 aromatic rings. The number of nitrogen functional groups attached to an aromatic ring is 1. The lowest BCUT2D eigenvalue weighted by Crippen LogP contribution is -2.39. The van der Waals surface area contributed by atoms with Crippen LogP contribution in [-0.4, -0.2) is 87.1 Å². The summed E-state index contributed by atoms with van der Waals surface area (Å²) in [6, 6.07) is 0. The largest absolute Gasteiger partial charge is 0.756 e. The number of imidazole rings is 1. The molecule has 228 valence electrons. The van der Waals surface area contributed by atoms with Crippen molar-refractivity contribution in [1.82, 2.24) is 30.2 Å². The Balaban J connectivity index is 0.00000560. The molecule has 21 nitrogen and oxygen atoms in total. The molecular formula is C16H27N7O14P3-3. The van der Waals surface area contributed by atoms with Gasteiger partial charge in [-0.2, -0.15) is 0 Å². The number of hydrogen-bond acceptors (Lipinski definition) is 18. The Bertz CT molecular complexity index is 1310. The molecule has 1 saturated heterocycles. The van der Waals surface area contributed by atoms with E-state index in [1.807, 2.05) is 0 Å². The standard InChI is InChI=1S/C15H26N7O14P3.CH4/c1-17-2-3-18-9(23)5-32-12-11(24)8(4-33-38(28,29)36-39(30,31)35-37(25,26)27)34-15(12)22-7-21-10-13(16)19-6-20-14(10)22;/h6-8,11-12,15,17,24H,2-5H2,1H3,(H,18,23)(H,28,29)(H,30,31)(H2,16,19,20)(H2,25,26,27);1H4/p-3/t8-,11?,12+,15-;/m1./s1. The summed E-state index contributed by atoms with van der Waals surface area (Å²) in [5.74, 6) is -0.543. The van der Waals surface area contributed by atoms with Crippen LogP contribution in [0, 0.1) is 0 Å². The zero-order valence-corrected chi connectivity index (χ0v) is 22.5. The quantitative estimate of drug-likeness (QED) is 0.0992. The van der Waals surface area contributed by atoms with Crippen LogP contribution in [0.3, 0.4) is 0 Å². The predicted octanol–water partition coefficient (Wildman–Crippen LogP) is -3.53. The van der Waals surface area contributed by atoms with E-state index < -0.39 is 67.1 Å². The second kappa shape index (κ2) is 13.8. The number of likely N-dealkylation sites (N-methyl/N-ethyl adjacent to an activating group) is 1. The first-order valence-corrected chi connectivity index (χ1v) is 15.1. The molecule has 0 bridgehead atoms. The van der Waals surface area contributed by atoms with Crippen LogP contribution in [0.25, 0.3) is 11.2 Å². The van der Waals surface area contributed by atoms with Crippen LogP contribution < -0.4 is 31.0 Å². The summed E-state index contributed by atoms with van der Waals surface area (Å²) < 4.78 is 57.5. The Kier molecular flexibility index (Phi) is 11.8. The molecule has 1 aliphatic rings. The maximum Gasteiger partial charge on any atom is 0.280 e. The van der Waals surface area contributed by atoms with Crippen LogP contribution >= 0.6 is 23.5 Å². The fourth-order valence-electron chi connectivity index (χ4n) is 3.32. The Labute approximate surface area is 226 Å². The van der Waals surface area contributed by atoms with Crippen molar-refractivity contribution >= 4 is 46.4 Å². The summed E-state index contributed by atoms with van der Waals surface area (Å²) in [4.78, 5) is 66.4. The van der Waals surface area contributed by atoms with E-state index in [-0.39, 0.29) is 31.0 Å². The maximum atomic E-state index is 12.1. The molecule has 1 aliphatic heterocycles. The monoisotopic (exact) mass is 634 g/mol. The molecule has 3 rings (SSSR count). The third-order valence-electron chi connectivity index (χ3n) is 4.88. The van der Waals surface area contributed by atoms with Gasteiger partial charge in [0, 0.05) is 13.1 Å². The smallest absolute Gasteiger partial charge is 0.280 e. The number of aromatic nitrogens is 4. The van der Waals surface area contributed by atoms with E-state index in [1.165, 1.54) is 10.9 Å². The molecule has 0 spiro atoms. The van der Waals surface area contributed by atoms with E-state index in [9.17, 15) is 38.3 Å². The highest BCUT2D eigenvalue weighted by atomic mass is 31.3. The van der Waals surface area contributed by atoms with Crippen molar-refractivity contribution in [2.45, 2.75) is 32.0 Å². The Morgan fingerprint density at radius 1 is 1.18 bits per heavy atom. The van der Waals surface area contributed by atoms with Gasteiger partial charge in [0.1, 0.15) is 36.8 Å². The lowest BCUT2D eigenvalue weighted by molar-refractivity contribution is -0.250. The van der Waals surface area contributed by atoms with Crippen LogP contribution in [0.2, 0.25) is 0 Å². The van der Waals surface area contributed by atoms with E-state index in [4.69, 9.17) is 20.1 Å². The van der Waals surface area contributed by atoms with Gasteiger partial charge in [-0.25, -0.2) is 23.6 Å². The van der Waals surface area contributed by atoms with E-state index in [1.54, 1.807) is 7.05 Å². The zero-order valence-electron chi connectivity index (χ0n) is 19.8. The number of nitrogens with one attached hydrogen (secondary N) is 2. The molecule has 40 heavy (non-hydrogen) atoms. The summed E-state index contributed by atoms with van der Waals surface area (Å²) in [5, 5.41) is 16.2. The molecule has 0 aromatic carbocycles. The SMILES string of the molecule is C.CNCCNC(=O)CO[C@H]1C(O)[C@@H](COP(=O)([O-])OP(=O)([O-])OP(=O)([O-])O)O[C@H]1n1cnc2c(N)ncnc21. The topological polar surface area (TPSA) is 318 Å². The summed E-state index contributed by atoms with van der Waals surface area (Å²) in [5.41, 5.74) is 6.06. The average molecular weight is 634 g/mol. The lowest BCUT2D eigenvalue weighted by atomic mass is 10.1. The minimum Gasteiger partial charge on any atom is -0.756 e. The first-order chi connectivity index (χ1) is 18.1. The number of rotatable bonds is 14. The van der Waals surface area contributed by atoms with Gasteiger partial charge in [0.15, 0.2) is 17.7 Å². The average Bonchev–Trinajstić information content (AvgIpc) is 3.36. The molecule has 0 aliphatic carbocycles. The highest BCUT2D eigenvalue weighted by Gasteiger charge is 2.47. The molecule has 4 unspecified atom stereocenters. The number of aliphatic hydroxyl groups is 1. The van der Waals surface area contributed by atoms with Crippen LogP contribution in [0.4, 0.5) is 5.82 Å². The second-order valence-electron chi connectivity index (χ2n) is 7.69. The number of carbonyl (C=O) groups is 1. The number of nitrogens with zero attached hydrogens (tertiary/aromatic N) is 4. The normalized spacial score (nSPS) is 25.4. The fourth-order valence-corrected chi connectivity index (χ4v) is 6.21. The number of amides is 1. The van der Waals surface area contributed by atoms with Crippen molar-refractivity contribution in [3.8, 4) is 0 Å². The predicted molar refractivity (Wildman–Crippen MR) is 126 cm³/mol. The van der Waals surface area contributed by atoms with Crippen LogP contribution in [-0.2, 0) is 41.1 Å². The molecule has 1 fully saturated rings. The van der Waals surface area contributed by atoms with Gasteiger partial charge in [0.25, 0.3) is 23.5 Å². The van der Waals surface area contributed by atoms with Gasteiger partial charge in [-0.05, 0) is 7.05 Å². The second-order valence-corrected chi connectivity index (χ2v) is 12.0. The number of carbonyl (C=O) groups excluding carboxylic acids is 1. The number of fused-ring (bicyclic) bond motifs is 1. The Hall–Kier alpha value is -1.93. The summed E-state index contributed by atoms with van der Waals surface area (Å²) in [6.45, 7) is -0.896. The van der Waals surface area contributed by atoms with Crippen molar-refractivity contribution in [2.75, 3.05) is 39.1 Å². The highest BCUT2D eigenvalue weighted by Crippen LogP contribution is 2.61. The third kappa shape index (κ3) is 9.30. The van der Waals surface area contributed by atoms with Gasteiger partial charge in [0.05, 0.1) is 12.9 Å². The van der Waals surface area contributed by atoms with Crippen LogP contribution in [0.5, 0.6) is 0 Å². The van der Waals surface area contributed by atoms with Crippen molar-refractivity contribution < 1.29 is 65.8 Å². The first-order valence-electron chi connectivity index (χ1n) is 10.6. The molecule has 3 heterocycles. The van der Waals surface area contributed by atoms with Crippen LogP contribution in [0.1, 0.15) is 13.7 Å². The van der Waals surface area contributed by atoms with Gasteiger partial charge < -0.3 is 55.0 Å².